The van der Waals surface area contributed by atoms with Crippen molar-refractivity contribution in [1.29, 1.82) is 0 Å². The Hall–Kier alpha value is -2.78. The smallest absolute Gasteiger partial charge is 0.240 e. The van der Waals surface area contributed by atoms with E-state index in [1.54, 1.807) is 31.4 Å². The second-order valence-corrected chi connectivity index (χ2v) is 7.86. The molecule has 29 heavy (non-hydrogen) atoms. The van der Waals surface area contributed by atoms with E-state index in [9.17, 15) is 8.42 Å². The van der Waals surface area contributed by atoms with Crippen molar-refractivity contribution >= 4 is 21.7 Å². The maximum absolute atomic E-state index is 11.8. The average Bonchev–Trinajstić information content (AvgIpc) is 2.73. The highest BCUT2D eigenvalue weighted by atomic mass is 32.2. The molecule has 0 saturated carbocycles. The first kappa shape index (κ1) is 22.5. The highest BCUT2D eigenvalue weighted by Gasteiger charge is 2.10. The van der Waals surface area contributed by atoms with Gasteiger partial charge in [-0.1, -0.05) is 12.1 Å². The number of sulfonamides is 1. The van der Waals surface area contributed by atoms with Gasteiger partial charge in [0.15, 0.2) is 17.5 Å². The van der Waals surface area contributed by atoms with Crippen LogP contribution in [-0.4, -0.2) is 41.7 Å². The molecule has 0 unspecified atom stereocenters. The average molecular weight is 421 g/mol. The highest BCUT2D eigenvalue weighted by Crippen LogP contribution is 2.30. The van der Waals surface area contributed by atoms with Crippen LogP contribution in [0.4, 0.5) is 5.69 Å². The van der Waals surface area contributed by atoms with Crippen LogP contribution in [0.15, 0.2) is 52.4 Å². The molecule has 0 aliphatic heterocycles. The van der Waals surface area contributed by atoms with Gasteiger partial charge in [-0.15, -0.1) is 0 Å². The molecule has 0 aromatic heterocycles. The van der Waals surface area contributed by atoms with Crippen molar-refractivity contribution in [2.24, 2.45) is 4.99 Å². The number of aliphatic imine (C=N–C) groups is 1. The minimum absolute atomic E-state index is 0.222. The molecule has 0 bridgehead atoms. The maximum atomic E-state index is 11.8. The van der Waals surface area contributed by atoms with Crippen molar-refractivity contribution in [3.05, 3.63) is 48.0 Å². The van der Waals surface area contributed by atoms with E-state index in [4.69, 9.17) is 9.47 Å². The van der Waals surface area contributed by atoms with Crippen molar-refractivity contribution in [2.75, 3.05) is 32.6 Å². The third-order valence-corrected chi connectivity index (χ3v) is 5.42. The van der Waals surface area contributed by atoms with Crippen LogP contribution in [0.2, 0.25) is 0 Å². The zero-order valence-electron chi connectivity index (χ0n) is 17.2. The van der Waals surface area contributed by atoms with Crippen LogP contribution in [0.5, 0.6) is 11.5 Å². The summed E-state index contributed by atoms with van der Waals surface area (Å²) < 4.78 is 36.8. The van der Waals surface area contributed by atoms with Gasteiger partial charge in [-0.25, -0.2) is 18.1 Å². The molecular formula is C20H28N4O4S. The number of hydrogen-bond donors (Lipinski definition) is 3. The molecule has 0 atom stereocenters. The number of benzene rings is 2. The Labute approximate surface area is 172 Å². The number of rotatable bonds is 9. The molecule has 0 spiro atoms. The summed E-state index contributed by atoms with van der Waals surface area (Å²) in [5.74, 6) is 1.92. The predicted molar refractivity (Wildman–Crippen MR) is 115 cm³/mol. The van der Waals surface area contributed by atoms with Gasteiger partial charge < -0.3 is 20.1 Å². The van der Waals surface area contributed by atoms with E-state index in [1.165, 1.54) is 7.05 Å². The van der Waals surface area contributed by atoms with Crippen molar-refractivity contribution in [1.82, 2.24) is 10.0 Å². The summed E-state index contributed by atoms with van der Waals surface area (Å²) in [7, 11) is -0.455. The van der Waals surface area contributed by atoms with E-state index >= 15 is 0 Å². The van der Waals surface area contributed by atoms with Gasteiger partial charge in [0, 0.05) is 18.3 Å². The fourth-order valence-electron chi connectivity index (χ4n) is 2.53. The van der Waals surface area contributed by atoms with E-state index in [-0.39, 0.29) is 4.90 Å². The number of nitrogens with one attached hydrogen (secondary N) is 3. The molecular weight excluding hydrogens is 392 g/mol. The molecule has 0 amide bonds. The van der Waals surface area contributed by atoms with Gasteiger partial charge in [-0.05, 0) is 50.7 Å². The topological polar surface area (TPSA) is 101 Å². The lowest BCUT2D eigenvalue weighted by molar-refractivity contribution is 0.311. The molecule has 158 valence electrons. The van der Waals surface area contributed by atoms with E-state index < -0.39 is 10.0 Å². The standard InChI is InChI=1S/C20H28N4O4S/c1-5-22-20(24-16-9-12-18(27-4)19(13-16)28-6-2)23-14-15-7-10-17(11-8-15)29(25,26)21-3/h7-13,21H,5-6,14H2,1-4H3,(H2,22,23,24). The van der Waals surface area contributed by atoms with Gasteiger partial charge in [0.05, 0.1) is 25.2 Å². The second kappa shape index (κ2) is 10.7. The van der Waals surface area contributed by atoms with Gasteiger partial charge in [-0.3, -0.25) is 0 Å². The first-order valence-electron chi connectivity index (χ1n) is 9.32. The summed E-state index contributed by atoms with van der Waals surface area (Å²) in [5, 5.41) is 6.43. The van der Waals surface area contributed by atoms with Crippen LogP contribution in [0.25, 0.3) is 0 Å². The largest absolute Gasteiger partial charge is 0.493 e. The van der Waals surface area contributed by atoms with Crippen molar-refractivity contribution in [2.45, 2.75) is 25.3 Å². The minimum atomic E-state index is -3.44. The van der Waals surface area contributed by atoms with Crippen LogP contribution >= 0.6 is 0 Å². The third kappa shape index (κ3) is 6.37. The Bertz CT molecular complexity index is 928. The number of hydrogen-bond acceptors (Lipinski definition) is 5. The van der Waals surface area contributed by atoms with Crippen LogP contribution in [0.3, 0.4) is 0 Å². The Morgan fingerprint density at radius 3 is 2.38 bits per heavy atom. The molecule has 8 nitrogen and oxygen atoms in total. The zero-order valence-corrected chi connectivity index (χ0v) is 18.0. The molecule has 0 heterocycles. The second-order valence-electron chi connectivity index (χ2n) is 5.97. The summed E-state index contributed by atoms with van der Waals surface area (Å²) in [5.41, 5.74) is 1.70. The van der Waals surface area contributed by atoms with E-state index in [1.807, 2.05) is 32.0 Å². The fourth-order valence-corrected chi connectivity index (χ4v) is 3.26. The number of nitrogens with zero attached hydrogens (tertiary/aromatic N) is 1. The monoisotopic (exact) mass is 420 g/mol. The Morgan fingerprint density at radius 2 is 1.79 bits per heavy atom. The van der Waals surface area contributed by atoms with Gasteiger partial charge in [-0.2, -0.15) is 0 Å². The molecule has 2 aromatic rings. The van der Waals surface area contributed by atoms with Gasteiger partial charge in [0.2, 0.25) is 10.0 Å². The summed E-state index contributed by atoms with van der Waals surface area (Å²) in [6.45, 7) is 5.52. The lowest BCUT2D eigenvalue weighted by Crippen LogP contribution is -2.30. The van der Waals surface area contributed by atoms with Gasteiger partial charge in [0.25, 0.3) is 0 Å². The Morgan fingerprint density at radius 1 is 1.07 bits per heavy atom. The quantitative estimate of drug-likeness (QED) is 0.426. The van der Waals surface area contributed by atoms with E-state index in [0.717, 1.165) is 11.3 Å². The number of ether oxygens (including phenoxy) is 2. The summed E-state index contributed by atoms with van der Waals surface area (Å²) in [6.07, 6.45) is 0. The number of methoxy groups -OCH3 is 1. The Kier molecular flexibility index (Phi) is 8.29. The van der Waals surface area contributed by atoms with Crippen molar-refractivity contribution in [3.63, 3.8) is 0 Å². The zero-order chi connectivity index (χ0) is 21.3. The summed E-state index contributed by atoms with van der Waals surface area (Å²) in [4.78, 5) is 4.79. The van der Waals surface area contributed by atoms with Gasteiger partial charge in [0.1, 0.15) is 0 Å². The van der Waals surface area contributed by atoms with Crippen LogP contribution in [0.1, 0.15) is 19.4 Å². The summed E-state index contributed by atoms with van der Waals surface area (Å²) >= 11 is 0. The van der Waals surface area contributed by atoms with Crippen molar-refractivity contribution in [3.8, 4) is 11.5 Å². The SMILES string of the molecule is CCNC(=NCc1ccc(S(=O)(=O)NC)cc1)Nc1ccc(OC)c(OCC)c1. The number of anilines is 1. The first-order valence-corrected chi connectivity index (χ1v) is 10.8. The molecule has 2 rings (SSSR count). The van der Waals surface area contributed by atoms with Gasteiger partial charge >= 0.3 is 0 Å². The highest BCUT2D eigenvalue weighted by molar-refractivity contribution is 7.89. The molecule has 3 N–H and O–H groups in total. The molecule has 0 fully saturated rings. The fraction of sp³-hybridized carbons (Fsp3) is 0.350. The van der Waals surface area contributed by atoms with E-state index in [2.05, 4.69) is 20.3 Å². The third-order valence-electron chi connectivity index (χ3n) is 3.99. The summed E-state index contributed by atoms with van der Waals surface area (Å²) in [6, 6.07) is 12.2. The lowest BCUT2D eigenvalue weighted by Gasteiger charge is -2.14. The molecule has 0 radical (unpaired) electrons. The first-order chi connectivity index (χ1) is 13.9. The minimum Gasteiger partial charge on any atom is -0.493 e. The molecule has 0 aliphatic rings. The van der Waals surface area contributed by atoms with Crippen LogP contribution in [0, 0.1) is 0 Å². The predicted octanol–water partition coefficient (Wildman–Crippen LogP) is 2.58. The lowest BCUT2D eigenvalue weighted by atomic mass is 10.2. The maximum Gasteiger partial charge on any atom is 0.240 e. The Balaban J connectivity index is 2.15. The van der Waals surface area contributed by atoms with Crippen molar-refractivity contribution < 1.29 is 17.9 Å². The normalized spacial score (nSPS) is 11.8. The molecule has 0 aliphatic carbocycles. The molecule has 0 saturated heterocycles. The van der Waals surface area contributed by atoms with Crippen LogP contribution < -0.4 is 24.8 Å². The van der Waals surface area contributed by atoms with E-state index in [0.29, 0.717) is 37.2 Å². The number of guanidine groups is 1. The van der Waals surface area contributed by atoms with Crippen LogP contribution in [-0.2, 0) is 16.6 Å². The molecule has 9 heteroatoms. The molecule has 2 aromatic carbocycles.